The summed E-state index contributed by atoms with van der Waals surface area (Å²) < 4.78 is 6.71. The van der Waals surface area contributed by atoms with Crippen LogP contribution < -0.4 is 10.1 Å². The maximum atomic E-state index is 12.6. The Bertz CT molecular complexity index is 823. The Labute approximate surface area is 157 Å². The largest absolute Gasteiger partial charge is 0.497 e. The van der Waals surface area contributed by atoms with Crippen molar-refractivity contribution < 1.29 is 19.4 Å². The predicted octanol–water partition coefficient (Wildman–Crippen LogP) is 2.35. The maximum Gasteiger partial charge on any atom is 0.311 e. The molecule has 0 atom stereocenters. The predicted molar refractivity (Wildman–Crippen MR) is 98.1 cm³/mol. The molecule has 0 saturated heterocycles. The summed E-state index contributed by atoms with van der Waals surface area (Å²) in [4.78, 5) is 24.3. The van der Waals surface area contributed by atoms with Gasteiger partial charge in [0.05, 0.1) is 23.9 Å². The molecule has 1 aromatic heterocycles. The third kappa shape index (κ3) is 3.79. The van der Waals surface area contributed by atoms with Crippen LogP contribution in [0.5, 0.6) is 5.75 Å². The second-order valence-electron chi connectivity index (χ2n) is 6.96. The van der Waals surface area contributed by atoms with Crippen LogP contribution in [0, 0.1) is 12.3 Å². The van der Waals surface area contributed by atoms with Crippen LogP contribution in [0.4, 0.5) is 0 Å². The van der Waals surface area contributed by atoms with Crippen molar-refractivity contribution in [2.75, 3.05) is 13.7 Å². The van der Waals surface area contributed by atoms with E-state index in [1.807, 2.05) is 12.1 Å². The van der Waals surface area contributed by atoms with E-state index in [4.69, 9.17) is 4.74 Å². The van der Waals surface area contributed by atoms with Gasteiger partial charge in [-0.15, -0.1) is 5.10 Å². The smallest absolute Gasteiger partial charge is 0.311 e. The van der Waals surface area contributed by atoms with Gasteiger partial charge in [0.15, 0.2) is 5.69 Å². The highest BCUT2D eigenvalue weighted by molar-refractivity contribution is 5.93. The SMILES string of the molecule is COc1ccc(-n2nnc(C(=O)NCC3(C(=O)O)CCCCC3)c2C)cc1. The number of aromatic nitrogens is 3. The average molecular weight is 372 g/mol. The van der Waals surface area contributed by atoms with Crippen LogP contribution in [0.3, 0.4) is 0 Å². The Hall–Kier alpha value is -2.90. The number of methoxy groups -OCH3 is 1. The normalized spacial score (nSPS) is 15.9. The summed E-state index contributed by atoms with van der Waals surface area (Å²) in [5, 5.41) is 20.4. The highest BCUT2D eigenvalue weighted by atomic mass is 16.5. The quantitative estimate of drug-likeness (QED) is 0.806. The fraction of sp³-hybridized carbons (Fsp3) is 0.474. The number of hydrogen-bond donors (Lipinski definition) is 2. The topological polar surface area (TPSA) is 106 Å². The highest BCUT2D eigenvalue weighted by Gasteiger charge is 2.40. The van der Waals surface area contributed by atoms with E-state index < -0.39 is 17.3 Å². The van der Waals surface area contributed by atoms with E-state index in [9.17, 15) is 14.7 Å². The molecule has 1 aliphatic rings. The number of rotatable bonds is 6. The summed E-state index contributed by atoms with van der Waals surface area (Å²) in [6, 6.07) is 7.25. The number of nitrogens with one attached hydrogen (secondary N) is 1. The van der Waals surface area contributed by atoms with Gasteiger partial charge in [-0.25, -0.2) is 4.68 Å². The zero-order valence-corrected chi connectivity index (χ0v) is 15.6. The Kier molecular flexibility index (Phi) is 5.43. The molecule has 27 heavy (non-hydrogen) atoms. The summed E-state index contributed by atoms with van der Waals surface area (Å²) in [5.41, 5.74) is 0.662. The van der Waals surface area contributed by atoms with Crippen molar-refractivity contribution >= 4 is 11.9 Å². The number of hydrogen-bond acceptors (Lipinski definition) is 5. The molecule has 1 amide bonds. The number of carbonyl (C=O) groups excluding carboxylic acids is 1. The lowest BCUT2D eigenvalue weighted by atomic mass is 9.74. The van der Waals surface area contributed by atoms with Crippen LogP contribution in [0.25, 0.3) is 5.69 Å². The molecule has 1 fully saturated rings. The molecular formula is C19H24N4O4. The average Bonchev–Trinajstić information content (AvgIpc) is 3.08. The summed E-state index contributed by atoms with van der Waals surface area (Å²) in [7, 11) is 1.59. The van der Waals surface area contributed by atoms with Gasteiger partial charge in [0.1, 0.15) is 5.75 Å². The van der Waals surface area contributed by atoms with Crippen molar-refractivity contribution in [2.24, 2.45) is 5.41 Å². The number of carboxylic acids is 1. The molecule has 1 aliphatic carbocycles. The zero-order chi connectivity index (χ0) is 19.4. The number of ether oxygens (including phenoxy) is 1. The summed E-state index contributed by atoms with van der Waals surface area (Å²) in [6.07, 6.45) is 3.95. The first kappa shape index (κ1) is 18.9. The lowest BCUT2D eigenvalue weighted by Crippen LogP contribution is -2.44. The number of benzene rings is 1. The van der Waals surface area contributed by atoms with E-state index in [1.54, 1.807) is 30.8 Å². The third-order valence-corrected chi connectivity index (χ3v) is 5.28. The molecule has 1 aromatic carbocycles. The van der Waals surface area contributed by atoms with E-state index in [2.05, 4.69) is 15.6 Å². The number of amides is 1. The van der Waals surface area contributed by atoms with Crippen LogP contribution >= 0.6 is 0 Å². The maximum absolute atomic E-state index is 12.6. The molecule has 0 unspecified atom stereocenters. The van der Waals surface area contributed by atoms with Gasteiger partial charge in [-0.1, -0.05) is 24.5 Å². The summed E-state index contributed by atoms with van der Waals surface area (Å²) in [5.74, 6) is -0.527. The Morgan fingerprint density at radius 2 is 1.89 bits per heavy atom. The van der Waals surface area contributed by atoms with Crippen LogP contribution in [0.15, 0.2) is 24.3 Å². The molecule has 0 radical (unpaired) electrons. The molecule has 144 valence electrons. The van der Waals surface area contributed by atoms with Gasteiger partial charge in [0, 0.05) is 6.54 Å². The van der Waals surface area contributed by atoms with E-state index in [1.165, 1.54) is 0 Å². The molecule has 8 nitrogen and oxygen atoms in total. The molecule has 0 spiro atoms. The molecule has 0 bridgehead atoms. The highest BCUT2D eigenvalue weighted by Crippen LogP contribution is 2.36. The van der Waals surface area contributed by atoms with Gasteiger partial charge in [-0.2, -0.15) is 0 Å². The minimum atomic E-state index is -0.881. The van der Waals surface area contributed by atoms with Crippen LogP contribution in [-0.2, 0) is 4.79 Å². The van der Waals surface area contributed by atoms with Crippen molar-refractivity contribution in [1.29, 1.82) is 0 Å². The van der Waals surface area contributed by atoms with Gasteiger partial charge >= 0.3 is 5.97 Å². The fourth-order valence-corrected chi connectivity index (χ4v) is 3.54. The molecule has 1 saturated carbocycles. The Morgan fingerprint density at radius 3 is 2.48 bits per heavy atom. The summed E-state index contributed by atoms with van der Waals surface area (Å²) >= 11 is 0. The van der Waals surface area contributed by atoms with Gasteiger partial charge in [0.2, 0.25) is 0 Å². The van der Waals surface area contributed by atoms with Gasteiger partial charge < -0.3 is 15.2 Å². The molecular weight excluding hydrogens is 348 g/mol. The van der Waals surface area contributed by atoms with E-state index in [0.29, 0.717) is 18.5 Å². The fourth-order valence-electron chi connectivity index (χ4n) is 3.54. The second-order valence-corrected chi connectivity index (χ2v) is 6.96. The second kappa shape index (κ2) is 7.77. The van der Waals surface area contributed by atoms with E-state index in [0.717, 1.165) is 30.7 Å². The van der Waals surface area contributed by atoms with Crippen molar-refractivity contribution in [2.45, 2.75) is 39.0 Å². The molecule has 2 N–H and O–H groups in total. The van der Waals surface area contributed by atoms with Crippen molar-refractivity contribution in [3.63, 3.8) is 0 Å². The Morgan fingerprint density at radius 1 is 1.22 bits per heavy atom. The molecule has 0 aliphatic heterocycles. The number of carboxylic acid groups (broad SMARTS) is 1. The zero-order valence-electron chi connectivity index (χ0n) is 15.6. The minimum Gasteiger partial charge on any atom is -0.497 e. The Balaban J connectivity index is 1.73. The third-order valence-electron chi connectivity index (χ3n) is 5.28. The van der Waals surface area contributed by atoms with Crippen molar-refractivity contribution in [3.05, 3.63) is 35.7 Å². The van der Waals surface area contributed by atoms with Gasteiger partial charge in [-0.05, 0) is 44.0 Å². The summed E-state index contributed by atoms with van der Waals surface area (Å²) in [6.45, 7) is 1.86. The molecule has 8 heteroatoms. The molecule has 3 rings (SSSR count). The van der Waals surface area contributed by atoms with Crippen LogP contribution in [0.2, 0.25) is 0 Å². The van der Waals surface area contributed by atoms with E-state index >= 15 is 0 Å². The number of carbonyl (C=O) groups is 2. The first-order valence-electron chi connectivity index (χ1n) is 9.05. The van der Waals surface area contributed by atoms with Crippen LogP contribution in [-0.4, -0.2) is 45.6 Å². The minimum absolute atomic E-state index is 0.107. The standard InChI is InChI=1S/C19H24N4O4/c1-13-16(21-22-23(13)14-6-8-15(27-2)9-7-14)17(24)20-12-19(18(25)26)10-4-3-5-11-19/h6-9H,3-5,10-12H2,1-2H3,(H,20,24)(H,25,26). The lowest BCUT2D eigenvalue weighted by molar-refractivity contribution is -0.150. The lowest BCUT2D eigenvalue weighted by Gasteiger charge is -2.33. The molecule has 2 aromatic rings. The first-order valence-corrected chi connectivity index (χ1v) is 9.05. The monoisotopic (exact) mass is 372 g/mol. The van der Waals surface area contributed by atoms with E-state index in [-0.39, 0.29) is 12.2 Å². The van der Waals surface area contributed by atoms with Crippen LogP contribution in [0.1, 0.15) is 48.3 Å². The van der Waals surface area contributed by atoms with Gasteiger partial charge in [0.25, 0.3) is 5.91 Å². The van der Waals surface area contributed by atoms with Crippen molar-refractivity contribution in [3.8, 4) is 11.4 Å². The first-order chi connectivity index (χ1) is 13.0. The molecule has 1 heterocycles. The van der Waals surface area contributed by atoms with Crippen molar-refractivity contribution in [1.82, 2.24) is 20.3 Å². The van der Waals surface area contributed by atoms with Gasteiger partial charge in [-0.3, -0.25) is 9.59 Å². The number of aliphatic carboxylic acids is 1. The number of nitrogens with zero attached hydrogens (tertiary/aromatic N) is 3.